The predicted molar refractivity (Wildman–Crippen MR) is 46.6 cm³/mol. The zero-order chi connectivity index (χ0) is 9.14. The van der Waals surface area contributed by atoms with Crippen molar-refractivity contribution in [2.45, 2.75) is 45.3 Å². The van der Waals surface area contributed by atoms with Gasteiger partial charge in [-0.15, -0.1) is 0 Å². The second-order valence-electron chi connectivity index (χ2n) is 3.77. The van der Waals surface area contributed by atoms with E-state index in [4.69, 9.17) is 0 Å². The molecule has 3 heteroatoms. The first-order chi connectivity index (χ1) is 5.61. The van der Waals surface area contributed by atoms with E-state index < -0.39 is 0 Å². The van der Waals surface area contributed by atoms with Gasteiger partial charge in [0, 0.05) is 5.92 Å². The van der Waals surface area contributed by atoms with Gasteiger partial charge in [-0.1, -0.05) is 13.8 Å². The molecule has 0 heterocycles. The van der Waals surface area contributed by atoms with E-state index in [1.165, 1.54) is 0 Å². The summed E-state index contributed by atoms with van der Waals surface area (Å²) in [6, 6.07) is -0.0000926. The molecule has 12 heavy (non-hydrogen) atoms. The van der Waals surface area contributed by atoms with Gasteiger partial charge < -0.3 is 10.4 Å². The van der Waals surface area contributed by atoms with E-state index in [1.807, 2.05) is 13.8 Å². The second-order valence-corrected chi connectivity index (χ2v) is 3.77. The summed E-state index contributed by atoms with van der Waals surface area (Å²) in [7, 11) is 0. The fraction of sp³-hybridized carbons (Fsp3) is 0.889. The maximum atomic E-state index is 11.2. The minimum Gasteiger partial charge on any atom is -0.391 e. The van der Waals surface area contributed by atoms with Gasteiger partial charge in [-0.2, -0.15) is 0 Å². The number of carbonyl (C=O) groups is 1. The van der Waals surface area contributed by atoms with Crippen LogP contribution < -0.4 is 5.32 Å². The Morgan fingerprint density at radius 1 is 1.50 bits per heavy atom. The summed E-state index contributed by atoms with van der Waals surface area (Å²) >= 11 is 0. The molecule has 3 nitrogen and oxygen atoms in total. The largest absolute Gasteiger partial charge is 0.391 e. The highest BCUT2D eigenvalue weighted by Gasteiger charge is 2.26. The number of hydrogen-bond acceptors (Lipinski definition) is 2. The number of hydrogen-bond donors (Lipinski definition) is 2. The molecule has 1 amide bonds. The summed E-state index contributed by atoms with van der Waals surface area (Å²) < 4.78 is 0. The highest BCUT2D eigenvalue weighted by molar-refractivity contribution is 5.78. The van der Waals surface area contributed by atoms with Gasteiger partial charge in [0.2, 0.25) is 5.91 Å². The van der Waals surface area contributed by atoms with Crippen LogP contribution in [0.15, 0.2) is 0 Å². The molecule has 0 unspecified atom stereocenters. The molecule has 0 bridgehead atoms. The lowest BCUT2D eigenvalue weighted by molar-refractivity contribution is -0.125. The Morgan fingerprint density at radius 2 is 2.17 bits per heavy atom. The minimum atomic E-state index is -0.326. The van der Waals surface area contributed by atoms with Crippen LogP contribution in [0.4, 0.5) is 0 Å². The second kappa shape index (κ2) is 3.90. The summed E-state index contributed by atoms with van der Waals surface area (Å²) in [4.78, 5) is 11.2. The molecular weight excluding hydrogens is 154 g/mol. The summed E-state index contributed by atoms with van der Waals surface area (Å²) in [5.41, 5.74) is 0. The summed E-state index contributed by atoms with van der Waals surface area (Å²) in [6.07, 6.45) is 2.43. The van der Waals surface area contributed by atoms with Crippen LogP contribution in [0, 0.1) is 5.92 Å². The van der Waals surface area contributed by atoms with Crippen molar-refractivity contribution in [3.05, 3.63) is 0 Å². The van der Waals surface area contributed by atoms with Crippen molar-refractivity contribution < 1.29 is 9.90 Å². The van der Waals surface area contributed by atoms with E-state index in [2.05, 4.69) is 5.32 Å². The number of amides is 1. The maximum Gasteiger partial charge on any atom is 0.222 e. The SMILES string of the molecule is CC(C)C(=O)N[C@@H]1CCC[C@H]1O. The lowest BCUT2D eigenvalue weighted by Gasteiger charge is -2.17. The molecule has 2 atom stereocenters. The molecule has 1 fully saturated rings. The highest BCUT2D eigenvalue weighted by atomic mass is 16.3. The van der Waals surface area contributed by atoms with Gasteiger partial charge in [0.15, 0.2) is 0 Å². The first-order valence-corrected chi connectivity index (χ1v) is 4.59. The molecule has 0 aromatic rings. The molecule has 0 aromatic carbocycles. The average Bonchev–Trinajstić information content (AvgIpc) is 2.36. The smallest absolute Gasteiger partial charge is 0.222 e. The maximum absolute atomic E-state index is 11.2. The summed E-state index contributed by atoms with van der Waals surface area (Å²) in [5, 5.41) is 12.2. The predicted octanol–water partition coefficient (Wildman–Crippen LogP) is 0.672. The van der Waals surface area contributed by atoms with Crippen LogP contribution in [0.2, 0.25) is 0 Å². The van der Waals surface area contributed by atoms with E-state index >= 15 is 0 Å². The molecule has 0 spiro atoms. The van der Waals surface area contributed by atoms with Gasteiger partial charge in [-0.05, 0) is 19.3 Å². The summed E-state index contributed by atoms with van der Waals surface area (Å²) in [6.45, 7) is 3.72. The van der Waals surface area contributed by atoms with Crippen molar-refractivity contribution in [1.82, 2.24) is 5.32 Å². The fourth-order valence-electron chi connectivity index (χ4n) is 1.46. The summed E-state index contributed by atoms with van der Waals surface area (Å²) in [5.74, 6) is 0.0544. The Hall–Kier alpha value is -0.570. The van der Waals surface area contributed by atoms with Gasteiger partial charge in [-0.25, -0.2) is 0 Å². The highest BCUT2D eigenvalue weighted by Crippen LogP contribution is 2.18. The third kappa shape index (κ3) is 2.21. The van der Waals surface area contributed by atoms with Crippen LogP contribution in [0.1, 0.15) is 33.1 Å². The zero-order valence-corrected chi connectivity index (χ0v) is 7.71. The Bertz CT molecular complexity index is 168. The van der Waals surface area contributed by atoms with Crippen LogP contribution in [-0.2, 0) is 4.79 Å². The number of aliphatic hydroxyl groups is 1. The van der Waals surface area contributed by atoms with Crippen molar-refractivity contribution in [2.24, 2.45) is 5.92 Å². The van der Waals surface area contributed by atoms with Crippen LogP contribution in [0.5, 0.6) is 0 Å². The Kier molecular flexibility index (Phi) is 3.09. The van der Waals surface area contributed by atoms with E-state index in [0.717, 1.165) is 19.3 Å². The first-order valence-electron chi connectivity index (χ1n) is 4.59. The number of nitrogens with one attached hydrogen (secondary N) is 1. The van der Waals surface area contributed by atoms with Gasteiger partial charge in [0.1, 0.15) is 0 Å². The van der Waals surface area contributed by atoms with Gasteiger partial charge in [0.05, 0.1) is 12.1 Å². The molecular formula is C9H17NO2. The molecule has 70 valence electrons. The standard InChI is InChI=1S/C9H17NO2/c1-6(2)9(12)10-7-4-3-5-8(7)11/h6-8,11H,3-5H2,1-2H3,(H,10,12)/t7-,8-/m1/s1. The number of aliphatic hydroxyl groups excluding tert-OH is 1. The number of carbonyl (C=O) groups excluding carboxylic acids is 1. The lowest BCUT2D eigenvalue weighted by atomic mass is 10.1. The lowest BCUT2D eigenvalue weighted by Crippen LogP contribution is -2.41. The number of rotatable bonds is 2. The first kappa shape index (κ1) is 9.52. The van der Waals surface area contributed by atoms with Gasteiger partial charge in [-0.3, -0.25) is 4.79 Å². The Balaban J connectivity index is 2.35. The van der Waals surface area contributed by atoms with Gasteiger partial charge in [0.25, 0.3) is 0 Å². The monoisotopic (exact) mass is 171 g/mol. The van der Waals surface area contributed by atoms with Crippen LogP contribution in [0.3, 0.4) is 0 Å². The van der Waals surface area contributed by atoms with Crippen LogP contribution >= 0.6 is 0 Å². The van der Waals surface area contributed by atoms with Crippen molar-refractivity contribution in [2.75, 3.05) is 0 Å². The molecule has 2 N–H and O–H groups in total. The third-order valence-electron chi connectivity index (χ3n) is 2.33. The van der Waals surface area contributed by atoms with E-state index in [0.29, 0.717) is 0 Å². The molecule has 1 aliphatic rings. The molecule has 1 saturated carbocycles. The minimum absolute atomic E-state index is 0.0000926. The molecule has 1 rings (SSSR count). The van der Waals surface area contributed by atoms with Crippen LogP contribution in [0.25, 0.3) is 0 Å². The van der Waals surface area contributed by atoms with E-state index in [9.17, 15) is 9.90 Å². The average molecular weight is 171 g/mol. The van der Waals surface area contributed by atoms with Crippen LogP contribution in [-0.4, -0.2) is 23.2 Å². The molecule has 0 aliphatic heterocycles. The molecule has 0 radical (unpaired) electrons. The van der Waals surface area contributed by atoms with E-state index in [-0.39, 0.29) is 24.0 Å². The van der Waals surface area contributed by atoms with Crippen molar-refractivity contribution in [1.29, 1.82) is 0 Å². The third-order valence-corrected chi connectivity index (χ3v) is 2.33. The Labute approximate surface area is 73.2 Å². The van der Waals surface area contributed by atoms with Gasteiger partial charge >= 0.3 is 0 Å². The zero-order valence-electron chi connectivity index (χ0n) is 7.71. The van der Waals surface area contributed by atoms with Crippen molar-refractivity contribution in [3.63, 3.8) is 0 Å². The Morgan fingerprint density at radius 3 is 2.58 bits per heavy atom. The molecule has 0 aromatic heterocycles. The molecule has 0 saturated heterocycles. The van der Waals surface area contributed by atoms with E-state index in [1.54, 1.807) is 0 Å². The fourth-order valence-corrected chi connectivity index (χ4v) is 1.46. The molecule has 1 aliphatic carbocycles. The topological polar surface area (TPSA) is 49.3 Å². The quantitative estimate of drug-likeness (QED) is 0.641. The normalized spacial score (nSPS) is 29.3. The van der Waals surface area contributed by atoms with Crippen molar-refractivity contribution >= 4 is 5.91 Å². The van der Waals surface area contributed by atoms with Crippen molar-refractivity contribution in [3.8, 4) is 0 Å².